The molecule has 0 aromatic heterocycles. The van der Waals surface area contributed by atoms with Crippen molar-refractivity contribution < 1.29 is 46.2 Å². The van der Waals surface area contributed by atoms with Gasteiger partial charge in [0, 0.05) is 18.1 Å². The lowest BCUT2D eigenvalue weighted by molar-refractivity contribution is -0.475. The Morgan fingerprint density at radius 3 is 2.23 bits per heavy atom. The van der Waals surface area contributed by atoms with Crippen molar-refractivity contribution in [1.29, 1.82) is 0 Å². The molecule has 5 rings (SSSR count). The second-order valence-electron chi connectivity index (χ2n) is 10.3. The first kappa shape index (κ1) is 26.6. The van der Waals surface area contributed by atoms with Gasteiger partial charge < -0.3 is 33.5 Å². The molecule has 1 aromatic rings. The highest BCUT2D eigenvalue weighted by molar-refractivity contribution is 7.59. The van der Waals surface area contributed by atoms with E-state index in [2.05, 4.69) is 0 Å². The van der Waals surface area contributed by atoms with Crippen LogP contribution in [-0.4, -0.2) is 67.9 Å². The Morgan fingerprint density at radius 2 is 1.60 bits per heavy atom. The molecule has 0 N–H and O–H groups in total. The number of rotatable bonds is 4. The van der Waals surface area contributed by atoms with Gasteiger partial charge in [0.15, 0.2) is 17.9 Å². The first-order valence-corrected chi connectivity index (χ1v) is 12.9. The van der Waals surface area contributed by atoms with E-state index in [-0.39, 0.29) is 36.8 Å². The van der Waals surface area contributed by atoms with Crippen molar-refractivity contribution in [2.75, 3.05) is 13.2 Å². The van der Waals surface area contributed by atoms with E-state index in [9.17, 15) is 5.11 Å². The van der Waals surface area contributed by atoms with E-state index in [1.54, 1.807) is 0 Å². The fourth-order valence-electron chi connectivity index (χ4n) is 5.63. The molecule has 4 aliphatic rings. The van der Waals surface area contributed by atoms with Crippen LogP contribution in [0.15, 0.2) is 30.3 Å². The Hall–Kier alpha value is -1.44. The van der Waals surface area contributed by atoms with Crippen LogP contribution in [0.25, 0.3) is 0 Å². The molecule has 4 fully saturated rings. The maximum Gasteiger partial charge on any atom is 0.425 e. The molecular formula is C24H33O10S-. The number of fused-ring (bicyclic) bond motifs is 1. The fourth-order valence-corrected chi connectivity index (χ4v) is 5.63. The highest BCUT2D eigenvalue weighted by Crippen LogP contribution is 2.50. The van der Waals surface area contributed by atoms with Gasteiger partial charge in [-0.2, -0.15) is 0 Å². The fraction of sp³-hybridized carbons (Fsp3) is 0.750. The van der Waals surface area contributed by atoms with Crippen molar-refractivity contribution >= 4 is 10.6 Å². The lowest BCUT2D eigenvalue weighted by atomic mass is 9.84. The minimum Gasteiger partial charge on any atom is -0.848 e. The number of hydrogen-bond acceptors (Lipinski definition) is 10. The second kappa shape index (κ2) is 10.5. The van der Waals surface area contributed by atoms with E-state index >= 15 is 0 Å². The molecule has 3 heterocycles. The molecule has 1 saturated carbocycles. The molecule has 1 aliphatic carbocycles. The number of benzene rings is 1. The van der Waals surface area contributed by atoms with Crippen molar-refractivity contribution in [2.24, 2.45) is 11.8 Å². The third kappa shape index (κ3) is 6.47. The molecule has 3 aliphatic heterocycles. The molecule has 1 unspecified atom stereocenters. The zero-order valence-electron chi connectivity index (χ0n) is 20.3. The topological polar surface area (TPSA) is 130 Å². The van der Waals surface area contributed by atoms with Gasteiger partial charge in [0.25, 0.3) is 0 Å². The van der Waals surface area contributed by atoms with Crippen LogP contribution >= 0.6 is 0 Å². The third-order valence-corrected chi connectivity index (χ3v) is 6.87. The van der Waals surface area contributed by atoms with Gasteiger partial charge in [0.2, 0.25) is 0 Å². The van der Waals surface area contributed by atoms with Gasteiger partial charge in [-0.15, -0.1) is 12.6 Å². The van der Waals surface area contributed by atoms with Crippen LogP contribution in [-0.2, 0) is 39.0 Å². The summed E-state index contributed by atoms with van der Waals surface area (Å²) in [5.41, 5.74) is 0.932. The smallest absolute Gasteiger partial charge is 0.425 e. The van der Waals surface area contributed by atoms with E-state index in [0.29, 0.717) is 13.0 Å². The highest BCUT2D eigenvalue weighted by atomic mass is 32.2. The van der Waals surface area contributed by atoms with Gasteiger partial charge in [-0.1, -0.05) is 36.4 Å². The first-order valence-electron chi connectivity index (χ1n) is 11.9. The van der Waals surface area contributed by atoms with Crippen molar-refractivity contribution in [1.82, 2.24) is 0 Å². The van der Waals surface area contributed by atoms with Crippen LogP contribution in [0.2, 0.25) is 0 Å². The number of hydrogen-bond donors (Lipinski definition) is 0. The minimum absolute atomic E-state index is 0.00725. The van der Waals surface area contributed by atoms with Crippen LogP contribution in [0.1, 0.15) is 52.4 Å². The normalized spacial score (nSPS) is 39.5. The molecule has 0 bridgehead atoms. The minimum atomic E-state index is -3.11. The zero-order valence-corrected chi connectivity index (χ0v) is 21.1. The monoisotopic (exact) mass is 513 g/mol. The third-order valence-electron chi connectivity index (χ3n) is 6.87. The van der Waals surface area contributed by atoms with Crippen molar-refractivity contribution in [3.8, 4) is 0 Å². The van der Waals surface area contributed by atoms with Gasteiger partial charge in [0.1, 0.15) is 0 Å². The molecule has 0 spiro atoms. The molecule has 196 valence electrons. The Labute approximate surface area is 206 Å². The summed E-state index contributed by atoms with van der Waals surface area (Å²) < 4.78 is 61.8. The summed E-state index contributed by atoms with van der Waals surface area (Å²) in [5, 5.41) is 12.8. The van der Waals surface area contributed by atoms with E-state index < -0.39 is 40.7 Å². The Morgan fingerprint density at radius 1 is 0.943 bits per heavy atom. The average molecular weight is 514 g/mol. The van der Waals surface area contributed by atoms with Crippen molar-refractivity contribution in [3.63, 3.8) is 0 Å². The van der Waals surface area contributed by atoms with Crippen LogP contribution in [0.4, 0.5) is 0 Å². The summed E-state index contributed by atoms with van der Waals surface area (Å²) in [6.45, 7) is 8.43. The van der Waals surface area contributed by atoms with Gasteiger partial charge >= 0.3 is 10.6 Å². The molecule has 3 saturated heterocycles. The van der Waals surface area contributed by atoms with Crippen molar-refractivity contribution in [3.05, 3.63) is 35.9 Å². The number of ether oxygens (including phenoxy) is 6. The molecule has 35 heavy (non-hydrogen) atoms. The van der Waals surface area contributed by atoms with Crippen LogP contribution in [0, 0.1) is 11.8 Å². The summed E-state index contributed by atoms with van der Waals surface area (Å²) in [6, 6.07) is 9.78. The van der Waals surface area contributed by atoms with Gasteiger partial charge in [-0.3, -0.25) is 0 Å². The molecule has 0 amide bonds. The Balaban J connectivity index is 0.000000672. The predicted octanol–water partition coefficient (Wildman–Crippen LogP) is 1.52. The maximum absolute atomic E-state index is 12.8. The SMILES string of the molecule is CC1(C)OC[C@@H]([C@@H]2[C@@H](C[C@H]3OC(c4ccccc4)OC[C@@H]3[O-])C[C@H]3OC(C)(C)O[C@@H]23)O1.O=S(=O)=O. The summed E-state index contributed by atoms with van der Waals surface area (Å²) in [6.07, 6.45) is -0.585. The Bertz CT molecular complexity index is 960. The van der Waals surface area contributed by atoms with Crippen LogP contribution < -0.4 is 5.11 Å². The molecular weight excluding hydrogens is 480 g/mol. The zero-order chi connectivity index (χ0) is 25.4. The van der Waals surface area contributed by atoms with Crippen LogP contribution in [0.5, 0.6) is 0 Å². The van der Waals surface area contributed by atoms with Gasteiger partial charge in [0.05, 0.1) is 31.0 Å². The Kier molecular flexibility index (Phi) is 7.99. The van der Waals surface area contributed by atoms with E-state index in [0.717, 1.165) is 12.0 Å². The predicted molar refractivity (Wildman–Crippen MR) is 118 cm³/mol. The molecule has 10 nitrogen and oxygen atoms in total. The molecule has 0 radical (unpaired) electrons. The van der Waals surface area contributed by atoms with Gasteiger partial charge in [-0.25, -0.2) is 0 Å². The summed E-state index contributed by atoms with van der Waals surface area (Å²) in [5.74, 6) is -0.953. The van der Waals surface area contributed by atoms with E-state index in [1.165, 1.54) is 0 Å². The molecule has 11 heteroatoms. The van der Waals surface area contributed by atoms with E-state index in [1.807, 2.05) is 58.0 Å². The second-order valence-corrected chi connectivity index (χ2v) is 10.7. The first-order chi connectivity index (χ1) is 16.4. The van der Waals surface area contributed by atoms with Gasteiger partial charge in [-0.05, 0) is 46.5 Å². The summed E-state index contributed by atoms with van der Waals surface area (Å²) in [7, 11) is -3.11. The lowest BCUT2D eigenvalue weighted by Gasteiger charge is -2.42. The lowest BCUT2D eigenvalue weighted by Crippen LogP contribution is -2.50. The summed E-state index contributed by atoms with van der Waals surface area (Å²) >= 11 is 0. The van der Waals surface area contributed by atoms with Crippen LogP contribution in [0.3, 0.4) is 0 Å². The maximum atomic E-state index is 12.8. The van der Waals surface area contributed by atoms with E-state index in [4.69, 9.17) is 41.0 Å². The largest absolute Gasteiger partial charge is 0.848 e. The quantitative estimate of drug-likeness (QED) is 0.584. The molecule has 8 atom stereocenters. The standard InChI is InChI=1S/C24H33O7.O3S/c1-23(2)27-13-19(30-23)20-15(11-18-21(20)31-24(3,4)29-18)10-17-16(25)12-26-22(28-17)14-8-6-5-7-9-14;1-4(2)3/h5-9,15-22H,10-13H2,1-4H3;/q-1;/t15-,16-,17+,18+,19-,20-,21+,22?;/m0./s1. The van der Waals surface area contributed by atoms with Crippen molar-refractivity contribution in [2.45, 2.75) is 88.9 Å². The average Bonchev–Trinajstić information content (AvgIpc) is 3.37. The molecule has 1 aromatic carbocycles. The highest BCUT2D eigenvalue weighted by Gasteiger charge is 2.57. The summed E-state index contributed by atoms with van der Waals surface area (Å²) in [4.78, 5) is 0.